The maximum atomic E-state index is 12.5. The summed E-state index contributed by atoms with van der Waals surface area (Å²) in [7, 11) is 3.79. The van der Waals surface area contributed by atoms with Crippen LogP contribution in [0.15, 0.2) is 18.2 Å². The van der Waals surface area contributed by atoms with E-state index in [9.17, 15) is 4.79 Å². The maximum Gasteiger partial charge on any atom is 0.251 e. The molecule has 2 aromatic rings. The van der Waals surface area contributed by atoms with Gasteiger partial charge < -0.3 is 24.6 Å². The maximum absolute atomic E-state index is 12.5. The Bertz CT molecular complexity index is 867. The van der Waals surface area contributed by atoms with Crippen LogP contribution in [-0.4, -0.2) is 54.8 Å². The second-order valence-corrected chi connectivity index (χ2v) is 7.04. The fourth-order valence-corrected chi connectivity index (χ4v) is 3.21. The van der Waals surface area contributed by atoms with Crippen molar-refractivity contribution in [3.8, 4) is 11.5 Å². The van der Waals surface area contributed by atoms with Crippen LogP contribution in [0.25, 0.3) is 0 Å². The van der Waals surface area contributed by atoms with Crippen molar-refractivity contribution in [2.24, 2.45) is 0 Å². The van der Waals surface area contributed by atoms with E-state index in [1.165, 1.54) is 6.42 Å². The summed E-state index contributed by atoms with van der Waals surface area (Å²) >= 11 is 0. The van der Waals surface area contributed by atoms with Gasteiger partial charge >= 0.3 is 0 Å². The number of hydrogen-bond donors (Lipinski definition) is 1. The van der Waals surface area contributed by atoms with Gasteiger partial charge in [-0.3, -0.25) is 4.79 Å². The Morgan fingerprint density at radius 1 is 1.11 bits per heavy atom. The molecule has 0 unspecified atom stereocenters. The summed E-state index contributed by atoms with van der Waals surface area (Å²) in [5.74, 6) is 2.80. The molecule has 0 spiro atoms. The summed E-state index contributed by atoms with van der Waals surface area (Å²) in [6.45, 7) is 2.29. The van der Waals surface area contributed by atoms with Gasteiger partial charge in [-0.1, -0.05) is 0 Å². The van der Waals surface area contributed by atoms with Gasteiger partial charge in [0.15, 0.2) is 17.3 Å². The minimum atomic E-state index is -0.218. The first kappa shape index (κ1) is 18.3. The molecular formula is C19H24N6O3. The molecule has 3 heterocycles. The topological polar surface area (TPSA) is 92.7 Å². The molecule has 1 amide bonds. The highest BCUT2D eigenvalue weighted by Crippen LogP contribution is 2.32. The molecule has 0 radical (unpaired) electrons. The first-order chi connectivity index (χ1) is 13.6. The van der Waals surface area contributed by atoms with E-state index in [1.54, 1.807) is 18.2 Å². The van der Waals surface area contributed by atoms with E-state index in [4.69, 9.17) is 9.47 Å². The van der Waals surface area contributed by atoms with E-state index in [0.29, 0.717) is 34.8 Å². The number of nitrogens with zero attached hydrogens (tertiary/aromatic N) is 5. The minimum Gasteiger partial charge on any atom is -0.454 e. The number of fused-ring (bicyclic) bond motifs is 1. The number of carbonyl (C=O) groups is 1. The van der Waals surface area contributed by atoms with Gasteiger partial charge in [0.25, 0.3) is 5.91 Å². The zero-order valence-electron chi connectivity index (χ0n) is 16.1. The predicted molar refractivity (Wildman–Crippen MR) is 104 cm³/mol. The Morgan fingerprint density at radius 2 is 1.89 bits per heavy atom. The van der Waals surface area contributed by atoms with E-state index in [-0.39, 0.29) is 19.2 Å². The average Bonchev–Trinajstić information content (AvgIpc) is 3.20. The Morgan fingerprint density at radius 3 is 2.68 bits per heavy atom. The summed E-state index contributed by atoms with van der Waals surface area (Å²) in [6, 6.07) is 5.12. The molecule has 0 bridgehead atoms. The van der Waals surface area contributed by atoms with E-state index in [1.807, 2.05) is 19.0 Å². The number of rotatable bonds is 5. The van der Waals surface area contributed by atoms with Crippen LogP contribution in [0.4, 0.5) is 11.9 Å². The van der Waals surface area contributed by atoms with Crippen LogP contribution in [0.3, 0.4) is 0 Å². The van der Waals surface area contributed by atoms with Crippen molar-refractivity contribution in [2.75, 3.05) is 43.8 Å². The highest BCUT2D eigenvalue weighted by atomic mass is 16.7. The Hall–Kier alpha value is -3.10. The normalized spacial score (nSPS) is 15.4. The summed E-state index contributed by atoms with van der Waals surface area (Å²) in [6.07, 6.45) is 3.51. The molecule has 2 aliphatic rings. The summed E-state index contributed by atoms with van der Waals surface area (Å²) < 4.78 is 10.6. The molecule has 0 atom stereocenters. The van der Waals surface area contributed by atoms with Gasteiger partial charge in [-0.05, 0) is 37.5 Å². The number of anilines is 2. The van der Waals surface area contributed by atoms with Crippen LogP contribution in [-0.2, 0) is 6.54 Å². The molecule has 4 rings (SSSR count). The van der Waals surface area contributed by atoms with Crippen LogP contribution in [0.2, 0.25) is 0 Å². The smallest absolute Gasteiger partial charge is 0.251 e. The molecule has 0 aliphatic carbocycles. The lowest BCUT2D eigenvalue weighted by molar-refractivity contribution is 0.0949. The molecule has 2 aliphatic heterocycles. The van der Waals surface area contributed by atoms with Crippen LogP contribution in [0.1, 0.15) is 35.4 Å². The first-order valence-electron chi connectivity index (χ1n) is 9.45. The molecule has 9 heteroatoms. The molecule has 1 saturated heterocycles. The third-order valence-electron chi connectivity index (χ3n) is 4.74. The van der Waals surface area contributed by atoms with Crippen LogP contribution in [0.5, 0.6) is 11.5 Å². The van der Waals surface area contributed by atoms with Gasteiger partial charge in [0, 0.05) is 32.7 Å². The first-order valence-corrected chi connectivity index (χ1v) is 9.45. The van der Waals surface area contributed by atoms with E-state index >= 15 is 0 Å². The van der Waals surface area contributed by atoms with Gasteiger partial charge in [-0.15, -0.1) is 0 Å². The quantitative estimate of drug-likeness (QED) is 0.831. The summed E-state index contributed by atoms with van der Waals surface area (Å²) in [5.41, 5.74) is 0.502. The van der Waals surface area contributed by atoms with Crippen molar-refractivity contribution in [3.63, 3.8) is 0 Å². The standard InChI is InChI=1S/C19H24N6O3/c1-24(2)18-21-16(22-19(23-18)25-8-4-3-5-9-25)11-20-17(26)13-6-7-14-15(10-13)28-12-27-14/h6-7,10H,3-5,8-9,11-12H2,1-2H3,(H,20,26). The van der Waals surface area contributed by atoms with Gasteiger partial charge in [0.1, 0.15) is 0 Å². The Kier molecular flexibility index (Phi) is 5.14. The lowest BCUT2D eigenvalue weighted by Crippen LogP contribution is -2.32. The molecule has 148 valence electrons. The molecule has 1 fully saturated rings. The molecule has 0 saturated carbocycles. The molecule has 9 nitrogen and oxygen atoms in total. The number of aromatic nitrogens is 3. The zero-order valence-corrected chi connectivity index (χ0v) is 16.1. The van der Waals surface area contributed by atoms with Crippen LogP contribution < -0.4 is 24.6 Å². The van der Waals surface area contributed by atoms with Crippen LogP contribution in [0, 0.1) is 0 Å². The lowest BCUT2D eigenvalue weighted by atomic mass is 10.1. The number of ether oxygens (including phenoxy) is 2. The minimum absolute atomic E-state index is 0.178. The second-order valence-electron chi connectivity index (χ2n) is 7.04. The number of benzene rings is 1. The molecule has 1 N–H and O–H groups in total. The van der Waals surface area contributed by atoms with Crippen molar-refractivity contribution in [1.82, 2.24) is 20.3 Å². The van der Waals surface area contributed by atoms with E-state index in [0.717, 1.165) is 25.9 Å². The largest absolute Gasteiger partial charge is 0.454 e. The van der Waals surface area contributed by atoms with Gasteiger partial charge in [-0.25, -0.2) is 0 Å². The Balaban J connectivity index is 1.48. The van der Waals surface area contributed by atoms with E-state index < -0.39 is 0 Å². The lowest BCUT2D eigenvalue weighted by Gasteiger charge is -2.27. The van der Waals surface area contributed by atoms with Crippen LogP contribution >= 0.6 is 0 Å². The summed E-state index contributed by atoms with van der Waals surface area (Å²) in [5, 5.41) is 2.88. The number of hydrogen-bond acceptors (Lipinski definition) is 8. The van der Waals surface area contributed by atoms with Crippen molar-refractivity contribution >= 4 is 17.8 Å². The third kappa shape index (κ3) is 3.92. The Labute approximate surface area is 163 Å². The van der Waals surface area contributed by atoms with Crippen molar-refractivity contribution in [2.45, 2.75) is 25.8 Å². The number of carbonyl (C=O) groups excluding carboxylic acids is 1. The molecular weight excluding hydrogens is 360 g/mol. The predicted octanol–water partition coefficient (Wildman–Crippen LogP) is 1.59. The zero-order chi connectivity index (χ0) is 19.5. The van der Waals surface area contributed by atoms with Gasteiger partial charge in [-0.2, -0.15) is 15.0 Å². The fourth-order valence-electron chi connectivity index (χ4n) is 3.21. The van der Waals surface area contributed by atoms with Crippen molar-refractivity contribution in [1.29, 1.82) is 0 Å². The third-order valence-corrected chi connectivity index (χ3v) is 4.74. The van der Waals surface area contributed by atoms with Gasteiger partial charge in [0.2, 0.25) is 18.7 Å². The van der Waals surface area contributed by atoms with Crippen molar-refractivity contribution < 1.29 is 14.3 Å². The number of piperidine rings is 1. The highest BCUT2D eigenvalue weighted by molar-refractivity contribution is 5.94. The average molecular weight is 384 g/mol. The number of nitrogens with one attached hydrogen (secondary N) is 1. The number of amides is 1. The monoisotopic (exact) mass is 384 g/mol. The fraction of sp³-hybridized carbons (Fsp3) is 0.474. The molecule has 1 aromatic heterocycles. The highest BCUT2D eigenvalue weighted by Gasteiger charge is 2.19. The molecule has 1 aromatic carbocycles. The SMILES string of the molecule is CN(C)c1nc(CNC(=O)c2ccc3c(c2)OCO3)nc(N2CCCCC2)n1. The summed E-state index contributed by atoms with van der Waals surface area (Å²) in [4.78, 5) is 30.2. The second kappa shape index (κ2) is 7.87. The molecule has 28 heavy (non-hydrogen) atoms. The van der Waals surface area contributed by atoms with E-state index in [2.05, 4.69) is 25.2 Å². The van der Waals surface area contributed by atoms with Crippen molar-refractivity contribution in [3.05, 3.63) is 29.6 Å². The van der Waals surface area contributed by atoms with Gasteiger partial charge in [0.05, 0.1) is 6.54 Å².